The molecule has 116 valence electrons. The molecular formula is C14H15BrF2O4. The van der Waals surface area contributed by atoms with Crippen LogP contribution in [-0.2, 0) is 9.53 Å². The minimum absolute atomic E-state index is 0.0719. The van der Waals surface area contributed by atoms with Gasteiger partial charge in [-0.15, -0.1) is 0 Å². The maximum absolute atomic E-state index is 13.6. The van der Waals surface area contributed by atoms with Crippen LogP contribution in [0.1, 0.15) is 30.6 Å². The van der Waals surface area contributed by atoms with Crippen LogP contribution in [0.15, 0.2) is 16.6 Å². The Labute approximate surface area is 129 Å². The Morgan fingerprint density at radius 2 is 2.05 bits per heavy atom. The van der Waals surface area contributed by atoms with Crippen LogP contribution >= 0.6 is 15.9 Å². The van der Waals surface area contributed by atoms with E-state index < -0.39 is 24.6 Å². The summed E-state index contributed by atoms with van der Waals surface area (Å²) in [6.07, 6.45) is -0.906. The van der Waals surface area contributed by atoms with Gasteiger partial charge in [0, 0.05) is 19.4 Å². The molecule has 0 aliphatic heterocycles. The fourth-order valence-electron chi connectivity index (χ4n) is 1.53. The quantitative estimate of drug-likeness (QED) is 0.549. The third-order valence-electron chi connectivity index (χ3n) is 2.58. The van der Waals surface area contributed by atoms with Gasteiger partial charge in [0.2, 0.25) is 0 Å². The van der Waals surface area contributed by atoms with E-state index in [1.807, 2.05) is 0 Å². The summed E-state index contributed by atoms with van der Waals surface area (Å²) < 4.78 is 36.5. The van der Waals surface area contributed by atoms with Crippen molar-refractivity contribution in [3.05, 3.63) is 28.0 Å². The first-order chi connectivity index (χ1) is 9.88. The Morgan fingerprint density at radius 3 is 2.57 bits per heavy atom. The van der Waals surface area contributed by atoms with E-state index in [4.69, 9.17) is 4.74 Å². The lowest BCUT2D eigenvalue weighted by Crippen LogP contribution is -2.27. The van der Waals surface area contributed by atoms with Crippen molar-refractivity contribution in [2.45, 2.75) is 26.4 Å². The Hall–Kier alpha value is -1.50. The summed E-state index contributed by atoms with van der Waals surface area (Å²) >= 11 is 2.98. The van der Waals surface area contributed by atoms with Crippen molar-refractivity contribution in [3.63, 3.8) is 0 Å². The predicted octanol–water partition coefficient (Wildman–Crippen LogP) is 3.46. The van der Waals surface area contributed by atoms with Crippen molar-refractivity contribution in [2.75, 3.05) is 13.3 Å². The maximum atomic E-state index is 13.6. The monoisotopic (exact) mass is 364 g/mol. The van der Waals surface area contributed by atoms with Gasteiger partial charge in [0.25, 0.3) is 0 Å². The van der Waals surface area contributed by atoms with Gasteiger partial charge in [-0.25, -0.2) is 8.78 Å². The van der Waals surface area contributed by atoms with E-state index in [9.17, 15) is 18.4 Å². The molecule has 0 heterocycles. The molecule has 0 saturated heterocycles. The summed E-state index contributed by atoms with van der Waals surface area (Å²) in [5, 5.41) is 0. The van der Waals surface area contributed by atoms with Crippen molar-refractivity contribution in [3.8, 4) is 5.75 Å². The highest BCUT2D eigenvalue weighted by molar-refractivity contribution is 9.10. The van der Waals surface area contributed by atoms with E-state index in [1.165, 1.54) is 13.0 Å². The summed E-state index contributed by atoms with van der Waals surface area (Å²) in [5.41, 5.74) is 0.145. The van der Waals surface area contributed by atoms with Gasteiger partial charge in [0.15, 0.2) is 11.9 Å². The highest BCUT2D eigenvalue weighted by Gasteiger charge is 2.19. The van der Waals surface area contributed by atoms with E-state index >= 15 is 0 Å². The second-order valence-corrected chi connectivity index (χ2v) is 5.09. The predicted molar refractivity (Wildman–Crippen MR) is 75.7 cm³/mol. The Kier molecular flexibility index (Phi) is 6.74. The van der Waals surface area contributed by atoms with Gasteiger partial charge in [0.05, 0.1) is 10.0 Å². The summed E-state index contributed by atoms with van der Waals surface area (Å²) in [4.78, 5) is 22.5. The van der Waals surface area contributed by atoms with E-state index in [1.54, 1.807) is 6.92 Å². The van der Waals surface area contributed by atoms with E-state index in [0.29, 0.717) is 0 Å². The largest absolute Gasteiger partial charge is 0.483 e. The number of alkyl halides is 1. The molecule has 1 aromatic carbocycles. The lowest BCUT2D eigenvalue weighted by molar-refractivity contribution is -0.143. The number of ketones is 1. The average molecular weight is 365 g/mol. The Balaban J connectivity index is 3.01. The molecule has 1 aromatic rings. The first kappa shape index (κ1) is 17.6. The minimum Gasteiger partial charge on any atom is -0.483 e. The van der Waals surface area contributed by atoms with Crippen LogP contribution < -0.4 is 4.74 Å². The number of esters is 1. The molecule has 0 aromatic heterocycles. The summed E-state index contributed by atoms with van der Waals surface area (Å²) in [7, 11) is 0. The van der Waals surface area contributed by atoms with Crippen molar-refractivity contribution < 1.29 is 27.8 Å². The van der Waals surface area contributed by atoms with Crippen LogP contribution in [0.5, 0.6) is 5.75 Å². The normalized spacial score (nSPS) is 11.9. The first-order valence-corrected chi connectivity index (χ1v) is 7.06. The highest BCUT2D eigenvalue weighted by Crippen LogP contribution is 2.28. The second kappa shape index (κ2) is 8.07. The zero-order valence-electron chi connectivity index (χ0n) is 11.6. The van der Waals surface area contributed by atoms with Crippen LogP contribution in [0.3, 0.4) is 0 Å². The number of carbonyl (C=O) groups excluding carboxylic acids is 2. The zero-order valence-corrected chi connectivity index (χ0v) is 13.2. The van der Waals surface area contributed by atoms with E-state index in [2.05, 4.69) is 20.7 Å². The number of hydrogen-bond acceptors (Lipinski definition) is 4. The Bertz CT molecular complexity index is 534. The van der Waals surface area contributed by atoms with Crippen molar-refractivity contribution in [1.82, 2.24) is 0 Å². The minimum atomic E-state index is -1.10. The number of carbonyl (C=O) groups is 2. The summed E-state index contributed by atoms with van der Waals surface area (Å²) in [6.45, 7) is 1.57. The molecule has 0 aliphatic rings. The van der Waals surface area contributed by atoms with Crippen molar-refractivity contribution in [2.24, 2.45) is 0 Å². The third-order valence-corrected chi connectivity index (χ3v) is 3.19. The molecule has 1 unspecified atom stereocenters. The molecule has 21 heavy (non-hydrogen) atoms. The average Bonchev–Trinajstić information content (AvgIpc) is 2.45. The summed E-state index contributed by atoms with van der Waals surface area (Å²) in [6, 6.07) is 2.29. The summed E-state index contributed by atoms with van der Waals surface area (Å²) in [5.74, 6) is -1.56. The van der Waals surface area contributed by atoms with Gasteiger partial charge in [-0.1, -0.05) is 6.92 Å². The highest BCUT2D eigenvalue weighted by atomic mass is 79.9. The number of benzene rings is 1. The van der Waals surface area contributed by atoms with E-state index in [-0.39, 0.29) is 34.6 Å². The topological polar surface area (TPSA) is 52.6 Å². The van der Waals surface area contributed by atoms with Crippen LogP contribution in [0.25, 0.3) is 0 Å². The number of Topliss-reactive ketones (excluding diaryl/α,β-unsaturated/α-hetero) is 1. The molecule has 0 radical (unpaired) electrons. The first-order valence-electron chi connectivity index (χ1n) is 6.27. The Morgan fingerprint density at radius 1 is 1.38 bits per heavy atom. The van der Waals surface area contributed by atoms with Crippen molar-refractivity contribution >= 4 is 27.7 Å². The molecule has 0 fully saturated rings. The van der Waals surface area contributed by atoms with Gasteiger partial charge in [-0.3, -0.25) is 9.59 Å². The maximum Gasteiger partial charge on any atom is 0.302 e. The molecule has 0 saturated carbocycles. The molecular weight excluding hydrogens is 350 g/mol. The lowest BCUT2D eigenvalue weighted by atomic mass is 10.1. The fraction of sp³-hybridized carbons (Fsp3) is 0.429. The van der Waals surface area contributed by atoms with Gasteiger partial charge in [-0.2, -0.15) is 0 Å². The number of ether oxygens (including phenoxy) is 2. The lowest BCUT2D eigenvalue weighted by Gasteiger charge is -2.18. The molecule has 0 bridgehead atoms. The molecule has 0 N–H and O–H groups in total. The molecule has 7 heteroatoms. The number of halogens is 3. The molecule has 1 atom stereocenters. The number of rotatable bonds is 7. The molecule has 1 rings (SSSR count). The van der Waals surface area contributed by atoms with Gasteiger partial charge in [-0.05, 0) is 22.0 Å². The SMILES string of the molecule is CCC(=O)c1cc(Br)c(F)cc1OC(CF)COC(C)=O. The standard InChI is InChI=1S/C14H15BrF2O4/c1-3-13(19)10-4-11(15)12(17)5-14(10)21-9(6-16)7-20-8(2)18/h4-5,9H,3,6-7H2,1-2H3. The van der Waals surface area contributed by atoms with Gasteiger partial charge in [0.1, 0.15) is 24.8 Å². The van der Waals surface area contributed by atoms with Crippen LogP contribution in [0.4, 0.5) is 8.78 Å². The molecule has 4 nitrogen and oxygen atoms in total. The molecule has 0 aliphatic carbocycles. The smallest absolute Gasteiger partial charge is 0.302 e. The van der Waals surface area contributed by atoms with Crippen LogP contribution in [0.2, 0.25) is 0 Å². The van der Waals surface area contributed by atoms with Crippen LogP contribution in [0, 0.1) is 5.82 Å². The number of hydrogen-bond donors (Lipinski definition) is 0. The molecule has 0 amide bonds. The van der Waals surface area contributed by atoms with Gasteiger partial charge < -0.3 is 9.47 Å². The zero-order chi connectivity index (χ0) is 16.0. The third kappa shape index (κ3) is 5.08. The van der Waals surface area contributed by atoms with E-state index in [0.717, 1.165) is 6.07 Å². The van der Waals surface area contributed by atoms with Crippen LogP contribution in [-0.4, -0.2) is 31.1 Å². The fourth-order valence-corrected chi connectivity index (χ4v) is 1.88. The van der Waals surface area contributed by atoms with Gasteiger partial charge >= 0.3 is 5.97 Å². The molecule has 0 spiro atoms. The second-order valence-electron chi connectivity index (χ2n) is 4.24. The van der Waals surface area contributed by atoms with Crippen molar-refractivity contribution in [1.29, 1.82) is 0 Å².